The summed E-state index contributed by atoms with van der Waals surface area (Å²) in [7, 11) is 0. The summed E-state index contributed by atoms with van der Waals surface area (Å²) in [6.45, 7) is 7.67. The molecule has 0 amide bonds. The average Bonchev–Trinajstić information content (AvgIpc) is 2.94. The minimum absolute atomic E-state index is 0.209. The van der Waals surface area contributed by atoms with Gasteiger partial charge >= 0.3 is 0 Å². The van der Waals surface area contributed by atoms with Crippen molar-refractivity contribution in [3.05, 3.63) is 59.2 Å². The maximum absolute atomic E-state index is 5.77. The molecule has 1 aliphatic heterocycles. The number of benzene rings is 1. The Balaban J connectivity index is 1.62. The Morgan fingerprint density at radius 1 is 1.21 bits per heavy atom. The highest BCUT2D eigenvalue weighted by Crippen LogP contribution is 2.70. The van der Waals surface area contributed by atoms with Gasteiger partial charge in [-0.15, -0.1) is 0 Å². The second-order valence-electron chi connectivity index (χ2n) is 7.57. The van der Waals surface area contributed by atoms with Crippen molar-refractivity contribution in [1.29, 1.82) is 0 Å². The van der Waals surface area contributed by atoms with Crippen LogP contribution in [0.1, 0.15) is 48.2 Å². The van der Waals surface area contributed by atoms with Gasteiger partial charge in [0.05, 0.1) is 12.3 Å². The molecule has 0 radical (unpaired) electrons. The van der Waals surface area contributed by atoms with Gasteiger partial charge in [-0.3, -0.25) is 4.40 Å². The SMILES string of the molecule is Cc1c([C@@H]2[C@@H](c3cccc4c3CCO4)C2(C)C)nc2ncccn12. The largest absolute Gasteiger partial charge is 0.493 e. The van der Waals surface area contributed by atoms with E-state index >= 15 is 0 Å². The van der Waals surface area contributed by atoms with Crippen LogP contribution in [-0.2, 0) is 6.42 Å². The highest BCUT2D eigenvalue weighted by molar-refractivity contribution is 5.52. The summed E-state index contributed by atoms with van der Waals surface area (Å²) in [6.07, 6.45) is 4.88. The molecular weight excluding hydrogens is 298 g/mol. The number of aromatic nitrogens is 3. The van der Waals surface area contributed by atoms with Gasteiger partial charge in [-0.25, -0.2) is 9.97 Å². The fourth-order valence-electron chi connectivity index (χ4n) is 4.58. The van der Waals surface area contributed by atoms with E-state index in [0.717, 1.165) is 24.6 Å². The Kier molecular flexibility index (Phi) is 2.68. The van der Waals surface area contributed by atoms with Crippen LogP contribution < -0.4 is 4.74 Å². The van der Waals surface area contributed by atoms with E-state index in [2.05, 4.69) is 48.4 Å². The van der Waals surface area contributed by atoms with Crippen LogP contribution >= 0.6 is 0 Å². The Morgan fingerprint density at radius 2 is 2.08 bits per heavy atom. The Bertz CT molecular complexity index is 957. The molecule has 0 spiro atoms. The van der Waals surface area contributed by atoms with Crippen LogP contribution in [0, 0.1) is 12.3 Å². The van der Waals surface area contributed by atoms with Crippen LogP contribution in [0.2, 0.25) is 0 Å². The van der Waals surface area contributed by atoms with Crippen LogP contribution in [0.3, 0.4) is 0 Å². The van der Waals surface area contributed by atoms with Crippen molar-refractivity contribution in [3.8, 4) is 5.75 Å². The Labute approximate surface area is 141 Å². The van der Waals surface area contributed by atoms with Crippen LogP contribution in [0.15, 0.2) is 36.7 Å². The lowest BCUT2D eigenvalue weighted by molar-refractivity contribution is 0.357. The number of rotatable bonds is 2. The van der Waals surface area contributed by atoms with Crippen molar-refractivity contribution >= 4 is 5.78 Å². The molecule has 1 fully saturated rings. The second-order valence-corrected chi connectivity index (χ2v) is 7.57. The molecule has 122 valence electrons. The summed E-state index contributed by atoms with van der Waals surface area (Å²) < 4.78 is 7.86. The molecule has 4 heteroatoms. The smallest absolute Gasteiger partial charge is 0.234 e. The van der Waals surface area contributed by atoms with Crippen molar-refractivity contribution in [2.75, 3.05) is 6.61 Å². The lowest BCUT2D eigenvalue weighted by Crippen LogP contribution is -1.94. The van der Waals surface area contributed by atoms with E-state index in [0.29, 0.717) is 11.8 Å². The molecule has 5 rings (SSSR count). The molecule has 3 aromatic rings. The summed E-state index contributed by atoms with van der Waals surface area (Å²) >= 11 is 0. The molecule has 0 saturated heterocycles. The molecule has 2 aliphatic rings. The normalized spacial score (nSPS) is 24.0. The van der Waals surface area contributed by atoms with E-state index < -0.39 is 0 Å². The maximum Gasteiger partial charge on any atom is 0.234 e. The zero-order valence-electron chi connectivity index (χ0n) is 14.3. The Hall–Kier alpha value is -2.36. The van der Waals surface area contributed by atoms with Gasteiger partial charge < -0.3 is 4.74 Å². The van der Waals surface area contributed by atoms with E-state index in [1.54, 1.807) is 0 Å². The van der Waals surface area contributed by atoms with E-state index in [1.165, 1.54) is 22.5 Å². The maximum atomic E-state index is 5.77. The summed E-state index contributed by atoms with van der Waals surface area (Å²) in [5, 5.41) is 0. The van der Waals surface area contributed by atoms with Crippen LogP contribution in [0.4, 0.5) is 0 Å². The molecule has 0 unspecified atom stereocenters. The number of nitrogens with zero attached hydrogens (tertiary/aromatic N) is 3. The van der Waals surface area contributed by atoms with Crippen molar-refractivity contribution in [2.45, 2.75) is 39.0 Å². The van der Waals surface area contributed by atoms with Gasteiger partial charge in [0.15, 0.2) is 0 Å². The fourth-order valence-corrected chi connectivity index (χ4v) is 4.58. The van der Waals surface area contributed by atoms with E-state index in [4.69, 9.17) is 9.72 Å². The monoisotopic (exact) mass is 319 g/mol. The summed E-state index contributed by atoms with van der Waals surface area (Å²) in [5.74, 6) is 2.81. The third-order valence-corrected chi connectivity index (χ3v) is 5.92. The first-order valence-corrected chi connectivity index (χ1v) is 8.63. The molecule has 2 atom stereocenters. The predicted octanol–water partition coefficient (Wildman–Crippen LogP) is 3.88. The molecular formula is C20H21N3O. The molecule has 1 saturated carbocycles. The Morgan fingerprint density at radius 3 is 2.92 bits per heavy atom. The van der Waals surface area contributed by atoms with Crippen LogP contribution in [0.5, 0.6) is 5.75 Å². The van der Waals surface area contributed by atoms with Gasteiger partial charge in [0, 0.05) is 36.0 Å². The quantitative estimate of drug-likeness (QED) is 0.719. The summed E-state index contributed by atoms with van der Waals surface area (Å²) in [6, 6.07) is 8.46. The predicted molar refractivity (Wildman–Crippen MR) is 92.6 cm³/mol. The first kappa shape index (κ1) is 14.0. The molecule has 0 bridgehead atoms. The van der Waals surface area contributed by atoms with Crippen molar-refractivity contribution < 1.29 is 4.74 Å². The van der Waals surface area contributed by atoms with Crippen LogP contribution in [-0.4, -0.2) is 21.0 Å². The van der Waals surface area contributed by atoms with Crippen molar-refractivity contribution in [2.24, 2.45) is 5.41 Å². The zero-order chi connectivity index (χ0) is 16.5. The van der Waals surface area contributed by atoms with E-state index in [-0.39, 0.29) is 5.41 Å². The molecule has 2 aromatic heterocycles. The molecule has 24 heavy (non-hydrogen) atoms. The molecule has 0 N–H and O–H groups in total. The van der Waals surface area contributed by atoms with E-state index in [1.807, 2.05) is 18.5 Å². The molecule has 1 aromatic carbocycles. The van der Waals surface area contributed by atoms with Gasteiger partial charge in [-0.1, -0.05) is 26.0 Å². The number of hydrogen-bond acceptors (Lipinski definition) is 3. The van der Waals surface area contributed by atoms with Crippen molar-refractivity contribution in [1.82, 2.24) is 14.4 Å². The topological polar surface area (TPSA) is 39.4 Å². The molecule has 4 nitrogen and oxygen atoms in total. The number of imidazole rings is 1. The van der Waals surface area contributed by atoms with Gasteiger partial charge in [-0.2, -0.15) is 0 Å². The zero-order valence-corrected chi connectivity index (χ0v) is 14.3. The second kappa shape index (κ2) is 4.59. The van der Waals surface area contributed by atoms with Crippen LogP contribution in [0.25, 0.3) is 5.78 Å². The standard InChI is InChI=1S/C20H21N3O/c1-12-18(22-19-21-9-5-10-23(12)19)17-16(20(17,2)3)14-6-4-7-15-13(14)8-11-24-15/h4-7,9-10,16-17H,8,11H2,1-3H3/t16-,17+/m1/s1. The minimum atomic E-state index is 0.209. The molecule has 1 aliphatic carbocycles. The number of fused-ring (bicyclic) bond motifs is 2. The summed E-state index contributed by atoms with van der Waals surface area (Å²) in [4.78, 5) is 9.27. The lowest BCUT2D eigenvalue weighted by atomic mass is 9.96. The lowest BCUT2D eigenvalue weighted by Gasteiger charge is -2.08. The van der Waals surface area contributed by atoms with E-state index in [9.17, 15) is 0 Å². The third kappa shape index (κ3) is 1.74. The highest BCUT2D eigenvalue weighted by atomic mass is 16.5. The average molecular weight is 319 g/mol. The third-order valence-electron chi connectivity index (χ3n) is 5.92. The minimum Gasteiger partial charge on any atom is -0.493 e. The van der Waals surface area contributed by atoms with Gasteiger partial charge in [0.1, 0.15) is 5.75 Å². The fraction of sp³-hybridized carbons (Fsp3) is 0.400. The van der Waals surface area contributed by atoms with Gasteiger partial charge in [0.25, 0.3) is 0 Å². The first-order valence-electron chi connectivity index (χ1n) is 8.63. The number of aryl methyl sites for hydroxylation is 1. The first-order chi connectivity index (χ1) is 11.6. The van der Waals surface area contributed by atoms with Gasteiger partial charge in [0.2, 0.25) is 5.78 Å². The highest BCUT2D eigenvalue weighted by Gasteiger charge is 2.61. The summed E-state index contributed by atoms with van der Waals surface area (Å²) in [5.41, 5.74) is 5.46. The van der Waals surface area contributed by atoms with Gasteiger partial charge in [-0.05, 0) is 36.0 Å². The number of ether oxygens (including phenoxy) is 1. The molecule has 3 heterocycles. The van der Waals surface area contributed by atoms with Crippen molar-refractivity contribution in [3.63, 3.8) is 0 Å². The number of hydrogen-bond donors (Lipinski definition) is 0.